The maximum atomic E-state index is 11.0. The van der Waals surface area contributed by atoms with Crippen molar-refractivity contribution in [2.75, 3.05) is 14.2 Å². The number of nitrogens with two attached hydrogens (primary N) is 1. The largest absolute Gasteiger partial charge is 0.478 e. The molecule has 0 spiro atoms. The predicted molar refractivity (Wildman–Crippen MR) is 97.8 cm³/mol. The number of benzene rings is 2. The third kappa shape index (κ3) is 6.99. The van der Waals surface area contributed by atoms with Crippen LogP contribution in [0.2, 0.25) is 0 Å². The molecule has 0 fully saturated rings. The van der Waals surface area contributed by atoms with Crippen molar-refractivity contribution in [3.8, 4) is 0 Å². The molecule has 0 atom stereocenters. The maximum Gasteiger partial charge on any atom is 0.337 e. The molecule has 8 nitrogen and oxygen atoms in total. The van der Waals surface area contributed by atoms with Crippen LogP contribution in [0.15, 0.2) is 48.5 Å². The first kappa shape index (κ1) is 23.3. The number of methoxy groups -OCH3 is 2. The highest BCUT2D eigenvalue weighted by Crippen LogP contribution is 2.06. The van der Waals surface area contributed by atoms with Crippen LogP contribution in [0.4, 0.5) is 0 Å². The maximum absolute atomic E-state index is 11.0. The molecule has 0 bridgehead atoms. The second-order valence-electron chi connectivity index (χ2n) is 4.81. The van der Waals surface area contributed by atoms with Gasteiger partial charge in [-0.1, -0.05) is 19.6 Å². The van der Waals surface area contributed by atoms with Crippen LogP contribution in [0.5, 0.6) is 0 Å². The number of hydrogen-bond donors (Lipinski definition) is 2. The summed E-state index contributed by atoms with van der Waals surface area (Å²) in [6, 6.07) is 11.7. The highest BCUT2D eigenvalue weighted by Gasteiger charge is 2.09. The van der Waals surface area contributed by atoms with Gasteiger partial charge in [0.25, 0.3) is 0 Å². The number of primary amides is 1. The lowest BCUT2D eigenvalue weighted by Crippen LogP contribution is -2.12. The van der Waals surface area contributed by atoms with Crippen LogP contribution < -0.4 is 5.73 Å². The molecule has 0 aliphatic rings. The van der Waals surface area contributed by atoms with Crippen molar-refractivity contribution in [1.82, 2.24) is 0 Å². The van der Waals surface area contributed by atoms with Crippen LogP contribution in [0.1, 0.15) is 48.9 Å². The number of ether oxygens (including phenoxy) is 2. The zero-order chi connectivity index (χ0) is 19.7. The van der Waals surface area contributed by atoms with E-state index < -0.39 is 23.8 Å². The fourth-order valence-corrected chi connectivity index (χ4v) is 1.81. The number of carbonyl (C=O) groups excluding carboxylic acids is 3. The topological polar surface area (TPSA) is 133 Å². The Bertz CT molecular complexity index is 761. The third-order valence-electron chi connectivity index (χ3n) is 3.10. The van der Waals surface area contributed by atoms with Gasteiger partial charge < -0.3 is 20.3 Å². The minimum Gasteiger partial charge on any atom is -0.478 e. The summed E-state index contributed by atoms with van der Waals surface area (Å²) >= 11 is 0. The second-order valence-corrected chi connectivity index (χ2v) is 4.81. The molecule has 0 heterocycles. The second kappa shape index (κ2) is 11.0. The Morgan fingerprint density at radius 3 is 1.52 bits per heavy atom. The number of carbonyl (C=O) groups is 4. The molecular formula is C19H21NO7. The van der Waals surface area contributed by atoms with Crippen LogP contribution >= 0.6 is 0 Å². The normalized spacial score (nSPS) is 8.96. The van der Waals surface area contributed by atoms with Crippen LogP contribution in [-0.2, 0) is 9.47 Å². The molecule has 0 saturated carbocycles. The standard InChI is InChI=1S/C9H9NO3.C9H8O4.CH4/c2*1-13-9(12)7-4-2-3-6(5-7)8(10)11;/h2-5H,1H3,(H2,10,11);2-5H,1H3,(H,10,11);1H4. The first-order valence-electron chi connectivity index (χ1n) is 7.20. The summed E-state index contributed by atoms with van der Waals surface area (Å²) in [6.45, 7) is 0. The van der Waals surface area contributed by atoms with Crippen LogP contribution in [0, 0.1) is 0 Å². The van der Waals surface area contributed by atoms with Gasteiger partial charge in [0.1, 0.15) is 0 Å². The van der Waals surface area contributed by atoms with Crippen molar-refractivity contribution in [3.63, 3.8) is 0 Å². The molecule has 144 valence electrons. The van der Waals surface area contributed by atoms with E-state index >= 15 is 0 Å². The van der Waals surface area contributed by atoms with Crippen molar-refractivity contribution >= 4 is 23.8 Å². The molecule has 2 aromatic rings. The molecule has 3 N–H and O–H groups in total. The molecule has 0 unspecified atom stereocenters. The smallest absolute Gasteiger partial charge is 0.337 e. The summed E-state index contributed by atoms with van der Waals surface area (Å²) in [5.74, 6) is -2.65. The van der Waals surface area contributed by atoms with E-state index in [2.05, 4.69) is 9.47 Å². The van der Waals surface area contributed by atoms with Gasteiger partial charge in [0.15, 0.2) is 0 Å². The van der Waals surface area contributed by atoms with E-state index in [4.69, 9.17) is 10.8 Å². The number of esters is 2. The summed E-state index contributed by atoms with van der Waals surface area (Å²) in [4.78, 5) is 43.2. The van der Waals surface area contributed by atoms with E-state index in [-0.39, 0.29) is 18.6 Å². The van der Waals surface area contributed by atoms with E-state index in [0.29, 0.717) is 11.1 Å². The van der Waals surface area contributed by atoms with Crippen molar-refractivity contribution in [1.29, 1.82) is 0 Å². The van der Waals surface area contributed by atoms with Gasteiger partial charge in [0.05, 0.1) is 30.9 Å². The molecule has 2 rings (SSSR count). The highest BCUT2D eigenvalue weighted by molar-refractivity contribution is 5.97. The Balaban J connectivity index is 0.000000483. The molecule has 27 heavy (non-hydrogen) atoms. The highest BCUT2D eigenvalue weighted by atomic mass is 16.5. The number of carboxylic acids is 1. The van der Waals surface area contributed by atoms with Crippen LogP contribution in [-0.4, -0.2) is 43.1 Å². The number of aromatic carboxylic acids is 1. The number of carboxylic acid groups (broad SMARTS) is 1. The molecule has 1 amide bonds. The number of rotatable bonds is 4. The Hall–Kier alpha value is -3.68. The average molecular weight is 375 g/mol. The van der Waals surface area contributed by atoms with Gasteiger partial charge in [0.2, 0.25) is 5.91 Å². The zero-order valence-electron chi connectivity index (χ0n) is 14.1. The fraction of sp³-hybridized carbons (Fsp3) is 0.158. The lowest BCUT2D eigenvalue weighted by molar-refractivity contribution is 0.0591. The van der Waals surface area contributed by atoms with E-state index in [1.807, 2.05) is 0 Å². The van der Waals surface area contributed by atoms with Gasteiger partial charge in [-0.15, -0.1) is 0 Å². The lowest BCUT2D eigenvalue weighted by Gasteiger charge is -1.99. The summed E-state index contributed by atoms with van der Waals surface area (Å²) in [7, 11) is 2.52. The van der Waals surface area contributed by atoms with Gasteiger partial charge in [0, 0.05) is 5.56 Å². The van der Waals surface area contributed by atoms with Crippen molar-refractivity contribution in [2.24, 2.45) is 5.73 Å². The van der Waals surface area contributed by atoms with E-state index in [9.17, 15) is 19.2 Å². The summed E-state index contributed by atoms with van der Waals surface area (Å²) in [5, 5.41) is 8.61. The predicted octanol–water partition coefficient (Wildman–Crippen LogP) is 2.38. The monoisotopic (exact) mass is 375 g/mol. The zero-order valence-corrected chi connectivity index (χ0v) is 14.1. The van der Waals surface area contributed by atoms with Crippen molar-refractivity contribution in [2.45, 2.75) is 7.43 Å². The Morgan fingerprint density at radius 1 is 0.778 bits per heavy atom. The lowest BCUT2D eigenvalue weighted by atomic mass is 10.1. The minimum atomic E-state index is -1.06. The van der Waals surface area contributed by atoms with Gasteiger partial charge in [-0.25, -0.2) is 14.4 Å². The molecule has 0 aliphatic heterocycles. The van der Waals surface area contributed by atoms with Gasteiger partial charge >= 0.3 is 17.9 Å². The third-order valence-corrected chi connectivity index (χ3v) is 3.10. The van der Waals surface area contributed by atoms with E-state index in [0.717, 1.165) is 0 Å². The summed E-state index contributed by atoms with van der Waals surface area (Å²) in [6.07, 6.45) is 0. The minimum absolute atomic E-state index is 0. The van der Waals surface area contributed by atoms with Crippen LogP contribution in [0.3, 0.4) is 0 Å². The SMILES string of the molecule is C.COC(=O)c1cccc(C(=O)O)c1.COC(=O)c1cccc(C(N)=O)c1. The summed E-state index contributed by atoms with van der Waals surface area (Å²) < 4.78 is 8.92. The van der Waals surface area contributed by atoms with Gasteiger partial charge in [-0.3, -0.25) is 4.79 Å². The number of amides is 1. The molecular weight excluding hydrogens is 354 g/mol. The van der Waals surface area contributed by atoms with Crippen molar-refractivity contribution < 1.29 is 33.8 Å². The molecule has 0 aromatic heterocycles. The van der Waals surface area contributed by atoms with Crippen molar-refractivity contribution in [3.05, 3.63) is 70.8 Å². The molecule has 0 aliphatic carbocycles. The van der Waals surface area contributed by atoms with Gasteiger partial charge in [-0.2, -0.15) is 0 Å². The Morgan fingerprint density at radius 2 is 1.15 bits per heavy atom. The first-order valence-corrected chi connectivity index (χ1v) is 7.20. The summed E-state index contributed by atoms with van der Waals surface area (Å²) in [5.41, 5.74) is 5.96. The van der Waals surface area contributed by atoms with E-state index in [1.54, 1.807) is 12.1 Å². The molecule has 0 radical (unpaired) electrons. The molecule has 2 aromatic carbocycles. The first-order chi connectivity index (χ1) is 12.3. The van der Waals surface area contributed by atoms with Crippen LogP contribution in [0.25, 0.3) is 0 Å². The van der Waals surface area contributed by atoms with Gasteiger partial charge in [-0.05, 0) is 36.4 Å². The van der Waals surface area contributed by atoms with E-state index in [1.165, 1.54) is 50.6 Å². The quantitative estimate of drug-likeness (QED) is 0.784. The Kier molecular flexibility index (Phi) is 9.53. The molecule has 8 heteroatoms. The fourth-order valence-electron chi connectivity index (χ4n) is 1.81. The molecule has 0 saturated heterocycles. The Labute approximate surface area is 156 Å². The number of hydrogen-bond acceptors (Lipinski definition) is 6. The average Bonchev–Trinajstić information content (AvgIpc) is 2.67.